The molecule has 0 saturated heterocycles. The third-order valence-corrected chi connectivity index (χ3v) is 2.74. The number of carbonyl (C=O) groups excluding carboxylic acids is 1. The molecule has 0 bridgehead atoms. The molecule has 6 heteroatoms. The maximum atomic E-state index is 12.2. The van der Waals surface area contributed by atoms with Crippen LogP contribution in [0.25, 0.3) is 0 Å². The Morgan fingerprint density at radius 2 is 2.00 bits per heavy atom. The van der Waals surface area contributed by atoms with Gasteiger partial charge in [-0.1, -0.05) is 13.8 Å². The van der Waals surface area contributed by atoms with Gasteiger partial charge in [0, 0.05) is 11.6 Å². The van der Waals surface area contributed by atoms with E-state index in [1.54, 1.807) is 12.3 Å². The molecule has 0 atom stereocenters. The molecule has 2 rings (SSSR count). The summed E-state index contributed by atoms with van der Waals surface area (Å²) in [6.07, 6.45) is 3.05. The number of aryl methyl sites for hydroxylation is 1. The van der Waals surface area contributed by atoms with Gasteiger partial charge in [-0.3, -0.25) is 9.78 Å². The van der Waals surface area contributed by atoms with Crippen molar-refractivity contribution in [2.24, 2.45) is 0 Å². The zero-order valence-corrected chi connectivity index (χ0v) is 11.7. The van der Waals surface area contributed by atoms with Crippen LogP contribution in [0, 0.1) is 6.92 Å². The van der Waals surface area contributed by atoms with Gasteiger partial charge in [-0.15, -0.1) is 0 Å². The Bertz CT molecular complexity index is 622. The number of pyridine rings is 1. The summed E-state index contributed by atoms with van der Waals surface area (Å²) in [5, 5.41) is 2.72. The summed E-state index contributed by atoms with van der Waals surface area (Å²) >= 11 is 0. The normalized spacial score (nSPS) is 10.6. The van der Waals surface area contributed by atoms with Crippen molar-refractivity contribution < 1.29 is 4.79 Å². The molecule has 0 fully saturated rings. The zero-order valence-electron chi connectivity index (χ0n) is 11.7. The first-order valence-corrected chi connectivity index (χ1v) is 6.34. The monoisotopic (exact) mass is 271 g/mol. The number of nitrogens with two attached hydrogens (primary N) is 1. The molecular formula is C14H17N5O. The lowest BCUT2D eigenvalue weighted by Gasteiger charge is -2.09. The summed E-state index contributed by atoms with van der Waals surface area (Å²) in [5.41, 5.74) is 7.69. The molecule has 1 amide bonds. The van der Waals surface area contributed by atoms with Crippen LogP contribution < -0.4 is 11.1 Å². The number of nitrogen functional groups attached to an aromatic ring is 1. The SMILES string of the molecule is Cc1ccc(NC(=O)c2nc(C(C)C)ncc2N)cn1. The van der Waals surface area contributed by atoms with E-state index in [2.05, 4.69) is 20.3 Å². The van der Waals surface area contributed by atoms with Crippen LogP contribution in [-0.2, 0) is 0 Å². The average Bonchev–Trinajstić information content (AvgIpc) is 2.41. The zero-order chi connectivity index (χ0) is 14.7. The van der Waals surface area contributed by atoms with Gasteiger partial charge in [0.25, 0.3) is 5.91 Å². The van der Waals surface area contributed by atoms with Crippen LogP contribution in [-0.4, -0.2) is 20.9 Å². The van der Waals surface area contributed by atoms with E-state index in [1.165, 1.54) is 6.20 Å². The molecule has 0 saturated carbocycles. The highest BCUT2D eigenvalue weighted by atomic mass is 16.1. The molecule has 0 unspecified atom stereocenters. The Labute approximate surface area is 117 Å². The molecule has 6 nitrogen and oxygen atoms in total. The molecule has 0 aromatic carbocycles. The summed E-state index contributed by atoms with van der Waals surface area (Å²) in [6, 6.07) is 3.60. The van der Waals surface area contributed by atoms with Crippen LogP contribution in [0.3, 0.4) is 0 Å². The van der Waals surface area contributed by atoms with Crippen LogP contribution in [0.15, 0.2) is 24.5 Å². The standard InChI is InChI=1S/C14H17N5O/c1-8(2)13-17-7-11(15)12(19-13)14(20)18-10-5-4-9(3)16-6-10/h4-8H,15H2,1-3H3,(H,18,20). The number of hydrogen-bond acceptors (Lipinski definition) is 5. The van der Waals surface area contributed by atoms with E-state index in [0.29, 0.717) is 11.5 Å². The first-order chi connectivity index (χ1) is 9.47. The first-order valence-electron chi connectivity index (χ1n) is 6.34. The van der Waals surface area contributed by atoms with E-state index in [4.69, 9.17) is 5.73 Å². The van der Waals surface area contributed by atoms with Gasteiger partial charge < -0.3 is 11.1 Å². The molecule has 0 aliphatic rings. The second-order valence-electron chi connectivity index (χ2n) is 4.83. The number of amides is 1. The first kappa shape index (κ1) is 13.9. The van der Waals surface area contributed by atoms with Crippen LogP contribution in [0.2, 0.25) is 0 Å². The number of nitrogens with one attached hydrogen (secondary N) is 1. The van der Waals surface area contributed by atoms with Crippen LogP contribution in [0.4, 0.5) is 11.4 Å². The number of carbonyl (C=O) groups is 1. The van der Waals surface area contributed by atoms with Crippen LogP contribution in [0.1, 0.15) is 41.8 Å². The van der Waals surface area contributed by atoms with E-state index in [1.807, 2.05) is 26.8 Å². The van der Waals surface area contributed by atoms with Gasteiger partial charge in [-0.2, -0.15) is 0 Å². The van der Waals surface area contributed by atoms with Gasteiger partial charge in [-0.05, 0) is 19.1 Å². The highest BCUT2D eigenvalue weighted by Gasteiger charge is 2.15. The number of anilines is 2. The predicted molar refractivity (Wildman–Crippen MR) is 77.5 cm³/mol. The molecule has 0 aliphatic heterocycles. The Balaban J connectivity index is 2.24. The molecule has 104 valence electrons. The van der Waals surface area contributed by atoms with Crippen molar-refractivity contribution in [2.45, 2.75) is 26.7 Å². The number of aromatic nitrogens is 3. The fourth-order valence-corrected chi connectivity index (χ4v) is 1.60. The van der Waals surface area contributed by atoms with Crippen molar-refractivity contribution in [2.75, 3.05) is 11.1 Å². The average molecular weight is 271 g/mol. The number of rotatable bonds is 3. The van der Waals surface area contributed by atoms with E-state index in [9.17, 15) is 4.79 Å². The van der Waals surface area contributed by atoms with Crippen LogP contribution >= 0.6 is 0 Å². The largest absolute Gasteiger partial charge is 0.396 e. The molecule has 0 radical (unpaired) electrons. The fourth-order valence-electron chi connectivity index (χ4n) is 1.60. The van der Waals surface area contributed by atoms with Crippen molar-refractivity contribution in [3.05, 3.63) is 41.7 Å². The van der Waals surface area contributed by atoms with E-state index >= 15 is 0 Å². The molecule has 0 spiro atoms. The van der Waals surface area contributed by atoms with Gasteiger partial charge >= 0.3 is 0 Å². The van der Waals surface area contributed by atoms with Gasteiger partial charge in [0.05, 0.1) is 23.8 Å². The third kappa shape index (κ3) is 3.09. The smallest absolute Gasteiger partial charge is 0.276 e. The minimum Gasteiger partial charge on any atom is -0.396 e. The third-order valence-electron chi connectivity index (χ3n) is 2.74. The quantitative estimate of drug-likeness (QED) is 0.892. The topological polar surface area (TPSA) is 93.8 Å². The Morgan fingerprint density at radius 1 is 1.25 bits per heavy atom. The van der Waals surface area contributed by atoms with E-state index in [-0.39, 0.29) is 23.2 Å². The second-order valence-corrected chi connectivity index (χ2v) is 4.83. The molecule has 3 N–H and O–H groups in total. The number of nitrogens with zero attached hydrogens (tertiary/aromatic N) is 3. The summed E-state index contributed by atoms with van der Waals surface area (Å²) in [6.45, 7) is 5.79. The highest BCUT2D eigenvalue weighted by molar-refractivity contribution is 6.06. The van der Waals surface area contributed by atoms with Crippen molar-refractivity contribution in [3.63, 3.8) is 0 Å². The fraction of sp³-hybridized carbons (Fsp3) is 0.286. The maximum Gasteiger partial charge on any atom is 0.276 e. The molecule has 2 aromatic heterocycles. The number of hydrogen-bond donors (Lipinski definition) is 2. The summed E-state index contributed by atoms with van der Waals surface area (Å²) < 4.78 is 0. The predicted octanol–water partition coefficient (Wildman–Crippen LogP) is 2.14. The van der Waals surface area contributed by atoms with Crippen molar-refractivity contribution >= 4 is 17.3 Å². The van der Waals surface area contributed by atoms with Gasteiger partial charge in [0.1, 0.15) is 5.82 Å². The second kappa shape index (κ2) is 5.64. The van der Waals surface area contributed by atoms with Crippen molar-refractivity contribution in [3.8, 4) is 0 Å². The minimum absolute atomic E-state index is 0.128. The van der Waals surface area contributed by atoms with Crippen molar-refractivity contribution in [1.29, 1.82) is 0 Å². The molecule has 20 heavy (non-hydrogen) atoms. The van der Waals surface area contributed by atoms with Gasteiger partial charge in [-0.25, -0.2) is 9.97 Å². The maximum absolute atomic E-state index is 12.2. The molecular weight excluding hydrogens is 254 g/mol. The van der Waals surface area contributed by atoms with Gasteiger partial charge in [0.15, 0.2) is 5.69 Å². The molecule has 0 aliphatic carbocycles. The summed E-state index contributed by atoms with van der Waals surface area (Å²) in [7, 11) is 0. The Kier molecular flexibility index (Phi) is 3.93. The van der Waals surface area contributed by atoms with E-state index in [0.717, 1.165) is 5.69 Å². The van der Waals surface area contributed by atoms with Gasteiger partial charge in [0.2, 0.25) is 0 Å². The summed E-state index contributed by atoms with van der Waals surface area (Å²) in [5.74, 6) is 0.354. The highest BCUT2D eigenvalue weighted by Crippen LogP contribution is 2.15. The lowest BCUT2D eigenvalue weighted by Crippen LogP contribution is -2.18. The lowest BCUT2D eigenvalue weighted by atomic mass is 10.2. The minimum atomic E-state index is -0.363. The Hall–Kier alpha value is -2.50. The van der Waals surface area contributed by atoms with Crippen molar-refractivity contribution in [1.82, 2.24) is 15.0 Å². The Morgan fingerprint density at radius 3 is 2.60 bits per heavy atom. The lowest BCUT2D eigenvalue weighted by molar-refractivity contribution is 0.102. The molecule has 2 aromatic rings. The van der Waals surface area contributed by atoms with E-state index < -0.39 is 0 Å². The molecule has 2 heterocycles. The van der Waals surface area contributed by atoms with Crippen LogP contribution in [0.5, 0.6) is 0 Å². The summed E-state index contributed by atoms with van der Waals surface area (Å²) in [4.78, 5) is 24.6.